The van der Waals surface area contributed by atoms with Gasteiger partial charge in [0.15, 0.2) is 0 Å². The number of aryl methyl sites for hydroxylation is 2. The van der Waals surface area contributed by atoms with Gasteiger partial charge in [-0.1, -0.05) is 18.2 Å². The van der Waals surface area contributed by atoms with Gasteiger partial charge in [-0.2, -0.15) is 0 Å². The van der Waals surface area contributed by atoms with Crippen LogP contribution in [-0.4, -0.2) is 19.0 Å². The number of rotatable bonds is 7. The molecule has 3 aromatic rings. The molecule has 0 bridgehead atoms. The molecule has 1 N–H and O–H groups in total. The summed E-state index contributed by atoms with van der Waals surface area (Å²) in [6.07, 6.45) is 3.60. The van der Waals surface area contributed by atoms with Gasteiger partial charge in [0.1, 0.15) is 5.82 Å². The number of hydrogen-bond donors (Lipinski definition) is 1. The van der Waals surface area contributed by atoms with E-state index in [9.17, 15) is 12.8 Å². The third-order valence-corrected chi connectivity index (χ3v) is 6.14. The fourth-order valence-electron chi connectivity index (χ4n) is 3.16. The van der Waals surface area contributed by atoms with Crippen LogP contribution in [-0.2, 0) is 23.0 Å². The lowest BCUT2D eigenvalue weighted by Gasteiger charge is -2.14. The van der Waals surface area contributed by atoms with E-state index in [2.05, 4.69) is 34.5 Å². The van der Waals surface area contributed by atoms with Crippen molar-refractivity contribution in [2.75, 3.05) is 0 Å². The normalized spacial score (nSPS) is 13.2. The molecule has 0 unspecified atom stereocenters. The highest BCUT2D eigenvalue weighted by Crippen LogP contribution is 2.23. The number of fused-ring (bicyclic) bond motifs is 1. The van der Waals surface area contributed by atoms with Crippen LogP contribution in [0.1, 0.15) is 25.8 Å². The van der Waals surface area contributed by atoms with E-state index in [0.29, 0.717) is 6.42 Å². The molecule has 0 radical (unpaired) electrons. The first-order chi connectivity index (χ1) is 12.4. The van der Waals surface area contributed by atoms with Crippen LogP contribution < -0.4 is 4.72 Å². The number of benzene rings is 2. The van der Waals surface area contributed by atoms with E-state index in [-0.39, 0.29) is 10.9 Å². The minimum absolute atomic E-state index is 0.0772. The highest BCUT2D eigenvalue weighted by atomic mass is 32.2. The van der Waals surface area contributed by atoms with Gasteiger partial charge in [0.25, 0.3) is 0 Å². The van der Waals surface area contributed by atoms with Crippen molar-refractivity contribution in [3.8, 4) is 0 Å². The zero-order valence-corrected chi connectivity index (χ0v) is 15.8. The molecule has 3 rings (SSSR count). The maximum atomic E-state index is 13.0. The van der Waals surface area contributed by atoms with Crippen molar-refractivity contribution < 1.29 is 12.8 Å². The quantitative estimate of drug-likeness (QED) is 0.677. The summed E-state index contributed by atoms with van der Waals surface area (Å²) in [4.78, 5) is 0.0772. The first kappa shape index (κ1) is 18.6. The summed E-state index contributed by atoms with van der Waals surface area (Å²) in [5.41, 5.74) is 2.42. The molecule has 4 nitrogen and oxygen atoms in total. The molecule has 1 atom stereocenters. The lowest BCUT2D eigenvalue weighted by atomic mass is 10.1. The predicted octanol–water partition coefficient (Wildman–Crippen LogP) is 4.10. The average Bonchev–Trinajstić information content (AvgIpc) is 2.98. The number of para-hydroxylation sites is 1. The minimum Gasteiger partial charge on any atom is -0.347 e. The number of aromatic nitrogens is 1. The fourth-order valence-corrected chi connectivity index (χ4v) is 4.44. The van der Waals surface area contributed by atoms with Gasteiger partial charge in [0.2, 0.25) is 10.0 Å². The highest BCUT2D eigenvalue weighted by Gasteiger charge is 2.18. The summed E-state index contributed by atoms with van der Waals surface area (Å²) < 4.78 is 42.6. The van der Waals surface area contributed by atoms with Crippen molar-refractivity contribution in [1.29, 1.82) is 0 Å². The van der Waals surface area contributed by atoms with Crippen LogP contribution in [0.2, 0.25) is 0 Å². The van der Waals surface area contributed by atoms with Crippen LogP contribution in [0.5, 0.6) is 0 Å². The highest BCUT2D eigenvalue weighted by molar-refractivity contribution is 7.89. The Labute approximate surface area is 153 Å². The number of nitrogens with zero attached hydrogens (tertiary/aromatic N) is 1. The van der Waals surface area contributed by atoms with Crippen molar-refractivity contribution in [2.45, 2.75) is 44.2 Å². The van der Waals surface area contributed by atoms with Gasteiger partial charge in [0, 0.05) is 29.7 Å². The second-order valence-electron chi connectivity index (χ2n) is 6.47. The molecule has 1 heterocycles. The summed E-state index contributed by atoms with van der Waals surface area (Å²) in [5.74, 6) is -0.454. The van der Waals surface area contributed by atoms with Gasteiger partial charge in [-0.3, -0.25) is 0 Å². The zero-order chi connectivity index (χ0) is 18.7. The van der Waals surface area contributed by atoms with Crippen LogP contribution in [0.3, 0.4) is 0 Å². The van der Waals surface area contributed by atoms with E-state index in [1.54, 1.807) is 0 Å². The van der Waals surface area contributed by atoms with E-state index < -0.39 is 15.8 Å². The molecule has 0 amide bonds. The van der Waals surface area contributed by atoms with Crippen molar-refractivity contribution in [2.24, 2.45) is 0 Å². The molecule has 0 fully saturated rings. The van der Waals surface area contributed by atoms with E-state index in [1.165, 1.54) is 28.6 Å². The number of sulfonamides is 1. The Morgan fingerprint density at radius 2 is 1.81 bits per heavy atom. The summed E-state index contributed by atoms with van der Waals surface area (Å²) in [7, 11) is -3.64. The Balaban J connectivity index is 1.69. The average molecular weight is 374 g/mol. The Bertz CT molecular complexity index is 994. The maximum absolute atomic E-state index is 13.0. The van der Waals surface area contributed by atoms with Gasteiger partial charge < -0.3 is 4.57 Å². The monoisotopic (exact) mass is 374 g/mol. The number of halogens is 1. The van der Waals surface area contributed by atoms with Crippen LogP contribution in [0.25, 0.3) is 10.9 Å². The summed E-state index contributed by atoms with van der Waals surface area (Å²) in [6, 6.07) is 12.9. The smallest absolute Gasteiger partial charge is 0.240 e. The summed E-state index contributed by atoms with van der Waals surface area (Å²) in [6.45, 7) is 4.85. The number of nitrogens with one attached hydrogen (secondary N) is 1. The minimum atomic E-state index is -3.64. The molecule has 0 saturated carbocycles. The third kappa shape index (κ3) is 3.97. The molecule has 6 heteroatoms. The molecule has 0 spiro atoms. The Morgan fingerprint density at radius 1 is 1.12 bits per heavy atom. The molecule has 2 aromatic carbocycles. The molecule has 1 aromatic heterocycles. The molecular weight excluding hydrogens is 351 g/mol. The van der Waals surface area contributed by atoms with Gasteiger partial charge >= 0.3 is 0 Å². The molecular formula is C20H23FN2O2S. The Kier molecular flexibility index (Phi) is 5.44. The zero-order valence-electron chi connectivity index (χ0n) is 14.9. The van der Waals surface area contributed by atoms with Gasteiger partial charge in [0.05, 0.1) is 4.90 Å². The van der Waals surface area contributed by atoms with Crippen LogP contribution in [0.15, 0.2) is 59.6 Å². The van der Waals surface area contributed by atoms with Crippen LogP contribution in [0.4, 0.5) is 4.39 Å². The maximum Gasteiger partial charge on any atom is 0.240 e. The van der Waals surface area contributed by atoms with E-state index in [4.69, 9.17) is 0 Å². The first-order valence-corrected chi connectivity index (χ1v) is 10.2. The second kappa shape index (κ2) is 7.60. The molecule has 0 aliphatic carbocycles. The van der Waals surface area contributed by atoms with Gasteiger partial charge in [-0.15, -0.1) is 0 Å². The van der Waals surface area contributed by atoms with Crippen molar-refractivity contribution in [1.82, 2.24) is 9.29 Å². The van der Waals surface area contributed by atoms with Crippen molar-refractivity contribution >= 4 is 20.9 Å². The predicted molar refractivity (Wildman–Crippen MR) is 102 cm³/mol. The second-order valence-corrected chi connectivity index (χ2v) is 8.19. The summed E-state index contributed by atoms with van der Waals surface area (Å²) in [5, 5.41) is 1.21. The largest absolute Gasteiger partial charge is 0.347 e. The molecule has 0 aliphatic heterocycles. The van der Waals surface area contributed by atoms with Crippen LogP contribution >= 0.6 is 0 Å². The molecule has 0 aliphatic rings. The fraction of sp³-hybridized carbons (Fsp3) is 0.300. The van der Waals surface area contributed by atoms with E-state index in [1.807, 2.05) is 19.1 Å². The lowest BCUT2D eigenvalue weighted by molar-refractivity contribution is 0.546. The van der Waals surface area contributed by atoms with Crippen molar-refractivity contribution in [3.05, 3.63) is 66.1 Å². The van der Waals surface area contributed by atoms with E-state index >= 15 is 0 Å². The molecule has 0 saturated heterocycles. The lowest BCUT2D eigenvalue weighted by Crippen LogP contribution is -2.32. The first-order valence-electron chi connectivity index (χ1n) is 8.75. The number of hydrogen-bond acceptors (Lipinski definition) is 2. The summed E-state index contributed by atoms with van der Waals surface area (Å²) >= 11 is 0. The molecule has 26 heavy (non-hydrogen) atoms. The van der Waals surface area contributed by atoms with Crippen LogP contribution in [0, 0.1) is 5.82 Å². The van der Waals surface area contributed by atoms with Gasteiger partial charge in [-0.25, -0.2) is 17.5 Å². The third-order valence-electron chi connectivity index (χ3n) is 4.54. The topological polar surface area (TPSA) is 51.1 Å². The standard InChI is InChI=1S/C20H23FN2O2S/c1-3-23-14-16(19-6-4-5-7-20(19)23)9-8-15(2)22-26(24,25)18-12-10-17(21)11-13-18/h4-7,10-15,22H,3,8-9H2,1-2H3/t15-/m1/s1. The Morgan fingerprint density at radius 3 is 2.50 bits per heavy atom. The van der Waals surface area contributed by atoms with Gasteiger partial charge in [-0.05, 0) is 62.6 Å². The van der Waals surface area contributed by atoms with Crippen molar-refractivity contribution in [3.63, 3.8) is 0 Å². The SMILES string of the molecule is CCn1cc(CC[C@@H](C)NS(=O)(=O)c2ccc(F)cc2)c2ccccc21. The van der Waals surface area contributed by atoms with E-state index in [0.717, 1.165) is 25.1 Å². The molecule has 138 valence electrons. The Hall–Kier alpha value is -2.18.